The molecule has 1 heterocycles. The molecule has 2 aromatic carbocycles. The molecule has 1 N–H and O–H groups in total. The lowest BCUT2D eigenvalue weighted by molar-refractivity contribution is -0.384. The first-order valence-corrected chi connectivity index (χ1v) is 10.2. The van der Waals surface area contributed by atoms with Crippen LogP contribution in [0.15, 0.2) is 47.6 Å². The zero-order valence-electron chi connectivity index (χ0n) is 15.1. The smallest absolute Gasteiger partial charge is 0.270 e. The van der Waals surface area contributed by atoms with E-state index in [0.29, 0.717) is 33.8 Å². The molecule has 0 aliphatic carbocycles. The summed E-state index contributed by atoms with van der Waals surface area (Å²) in [6, 6.07) is 11.2. The molecule has 0 unspecified atom stereocenters. The molecule has 11 heteroatoms. The van der Waals surface area contributed by atoms with Crippen molar-refractivity contribution in [1.29, 1.82) is 0 Å². The molecule has 0 saturated carbocycles. The van der Waals surface area contributed by atoms with Crippen LogP contribution >= 0.6 is 35.0 Å². The van der Waals surface area contributed by atoms with Gasteiger partial charge in [-0.05, 0) is 19.1 Å². The summed E-state index contributed by atoms with van der Waals surface area (Å²) < 4.78 is 1.80. The fourth-order valence-electron chi connectivity index (χ4n) is 2.57. The number of non-ortho nitro benzene ring substituents is 1. The number of carbonyl (C=O) groups excluding carboxylic acids is 1. The lowest BCUT2D eigenvalue weighted by atomic mass is 10.2. The highest BCUT2D eigenvalue weighted by atomic mass is 35.5. The number of hydrogen-bond donors (Lipinski definition) is 1. The summed E-state index contributed by atoms with van der Waals surface area (Å²) in [6.45, 7) is 2.44. The van der Waals surface area contributed by atoms with Crippen molar-refractivity contribution in [2.24, 2.45) is 0 Å². The number of benzene rings is 2. The second-order valence-electron chi connectivity index (χ2n) is 5.80. The Hall–Kier alpha value is -2.62. The third-order valence-electron chi connectivity index (χ3n) is 3.91. The van der Waals surface area contributed by atoms with Crippen LogP contribution in [0.1, 0.15) is 6.92 Å². The lowest BCUT2D eigenvalue weighted by Gasteiger charge is -2.09. The van der Waals surface area contributed by atoms with Crippen molar-refractivity contribution < 1.29 is 9.72 Å². The average molecular weight is 452 g/mol. The third kappa shape index (κ3) is 4.87. The van der Waals surface area contributed by atoms with E-state index < -0.39 is 4.92 Å². The van der Waals surface area contributed by atoms with E-state index in [0.717, 1.165) is 0 Å². The predicted octanol–water partition coefficient (Wildman–Crippen LogP) is 4.91. The summed E-state index contributed by atoms with van der Waals surface area (Å²) in [5.74, 6) is 0.300. The van der Waals surface area contributed by atoms with Crippen LogP contribution in [0.4, 0.5) is 11.4 Å². The van der Waals surface area contributed by atoms with Gasteiger partial charge in [0.1, 0.15) is 0 Å². The minimum Gasteiger partial charge on any atom is -0.324 e. The van der Waals surface area contributed by atoms with Gasteiger partial charge >= 0.3 is 0 Å². The number of amides is 1. The third-order valence-corrected chi connectivity index (χ3v) is 5.69. The highest BCUT2D eigenvalue weighted by Crippen LogP contribution is 2.30. The van der Waals surface area contributed by atoms with Crippen LogP contribution in [0.2, 0.25) is 10.0 Å². The van der Waals surface area contributed by atoms with Gasteiger partial charge < -0.3 is 9.88 Å². The molecule has 0 atom stereocenters. The number of anilines is 1. The van der Waals surface area contributed by atoms with Gasteiger partial charge in [-0.3, -0.25) is 14.9 Å². The van der Waals surface area contributed by atoms with E-state index in [-0.39, 0.29) is 22.4 Å². The van der Waals surface area contributed by atoms with Crippen LogP contribution in [-0.2, 0) is 11.3 Å². The van der Waals surface area contributed by atoms with Gasteiger partial charge in [-0.15, -0.1) is 10.2 Å². The Kier molecular flexibility index (Phi) is 6.73. The molecule has 29 heavy (non-hydrogen) atoms. The molecular weight excluding hydrogens is 437 g/mol. The standard InChI is InChI=1S/C18H15Cl2N5O3S/c1-2-24-17(11-5-3-6-12(9-11)25(27)28)22-23-18(24)29-10-15(26)21-14-8-4-7-13(19)16(14)20/h3-9H,2,10H2,1H3,(H,21,26). The van der Waals surface area contributed by atoms with Crippen molar-refractivity contribution in [2.45, 2.75) is 18.6 Å². The molecule has 0 bridgehead atoms. The van der Waals surface area contributed by atoms with E-state index in [9.17, 15) is 14.9 Å². The first-order chi connectivity index (χ1) is 13.9. The monoisotopic (exact) mass is 451 g/mol. The maximum atomic E-state index is 12.3. The summed E-state index contributed by atoms with van der Waals surface area (Å²) in [4.78, 5) is 22.8. The Bertz CT molecular complexity index is 1070. The number of rotatable bonds is 7. The highest BCUT2D eigenvalue weighted by molar-refractivity contribution is 7.99. The molecule has 0 radical (unpaired) electrons. The van der Waals surface area contributed by atoms with Gasteiger partial charge in [0.15, 0.2) is 11.0 Å². The number of nitrogens with zero attached hydrogens (tertiary/aromatic N) is 4. The second-order valence-corrected chi connectivity index (χ2v) is 7.52. The molecule has 8 nitrogen and oxygen atoms in total. The molecule has 0 fully saturated rings. The molecule has 0 aliphatic heterocycles. The summed E-state index contributed by atoms with van der Waals surface area (Å²) in [7, 11) is 0. The van der Waals surface area contributed by atoms with Gasteiger partial charge in [0.2, 0.25) is 5.91 Å². The molecule has 150 valence electrons. The SMILES string of the molecule is CCn1c(SCC(=O)Nc2cccc(Cl)c2Cl)nnc1-c1cccc([N+](=O)[O-])c1. The van der Waals surface area contributed by atoms with Gasteiger partial charge in [-0.1, -0.05) is 53.2 Å². The normalized spacial score (nSPS) is 10.7. The van der Waals surface area contributed by atoms with Gasteiger partial charge in [0.05, 0.1) is 26.4 Å². The Balaban J connectivity index is 1.74. The zero-order valence-corrected chi connectivity index (χ0v) is 17.5. The number of nitrogens with one attached hydrogen (secondary N) is 1. The largest absolute Gasteiger partial charge is 0.324 e. The average Bonchev–Trinajstić information content (AvgIpc) is 3.13. The maximum Gasteiger partial charge on any atom is 0.270 e. The number of nitro groups is 1. The highest BCUT2D eigenvalue weighted by Gasteiger charge is 2.17. The molecule has 1 amide bonds. The van der Waals surface area contributed by atoms with Crippen LogP contribution in [0.5, 0.6) is 0 Å². The molecule has 3 aromatic rings. The number of hydrogen-bond acceptors (Lipinski definition) is 6. The van der Waals surface area contributed by atoms with Crippen molar-refractivity contribution in [3.8, 4) is 11.4 Å². The van der Waals surface area contributed by atoms with Crippen molar-refractivity contribution in [3.05, 3.63) is 62.6 Å². The Morgan fingerprint density at radius 3 is 2.72 bits per heavy atom. The summed E-state index contributed by atoms with van der Waals surface area (Å²) >= 11 is 13.2. The number of thioether (sulfide) groups is 1. The van der Waals surface area contributed by atoms with E-state index in [4.69, 9.17) is 23.2 Å². The number of halogens is 2. The van der Waals surface area contributed by atoms with Crippen LogP contribution in [0.25, 0.3) is 11.4 Å². The Morgan fingerprint density at radius 2 is 2.00 bits per heavy atom. The van der Waals surface area contributed by atoms with Crippen LogP contribution in [0, 0.1) is 10.1 Å². The topological polar surface area (TPSA) is 103 Å². The minimum atomic E-state index is -0.461. The fraction of sp³-hybridized carbons (Fsp3) is 0.167. The van der Waals surface area contributed by atoms with Gasteiger partial charge in [-0.2, -0.15) is 0 Å². The lowest BCUT2D eigenvalue weighted by Crippen LogP contribution is -2.15. The molecule has 3 rings (SSSR count). The molecular formula is C18H15Cl2N5O3S. The van der Waals surface area contributed by atoms with E-state index in [1.54, 1.807) is 34.9 Å². The second kappa shape index (κ2) is 9.25. The van der Waals surface area contributed by atoms with E-state index >= 15 is 0 Å². The number of aromatic nitrogens is 3. The fourth-order valence-corrected chi connectivity index (χ4v) is 3.72. The summed E-state index contributed by atoms with van der Waals surface area (Å²) in [5.41, 5.74) is 0.981. The number of nitro benzene ring substituents is 1. The van der Waals surface area contributed by atoms with Crippen molar-refractivity contribution in [2.75, 3.05) is 11.1 Å². The van der Waals surface area contributed by atoms with Gasteiger partial charge in [0, 0.05) is 24.2 Å². The molecule has 0 aliphatic rings. The van der Waals surface area contributed by atoms with Gasteiger partial charge in [-0.25, -0.2) is 0 Å². The molecule has 0 spiro atoms. The Labute approximate surface area is 180 Å². The van der Waals surface area contributed by atoms with E-state index in [1.165, 1.54) is 23.9 Å². The minimum absolute atomic E-state index is 0.0277. The Morgan fingerprint density at radius 1 is 1.24 bits per heavy atom. The predicted molar refractivity (Wildman–Crippen MR) is 114 cm³/mol. The van der Waals surface area contributed by atoms with Crippen LogP contribution < -0.4 is 5.32 Å². The molecule has 1 aromatic heterocycles. The zero-order chi connectivity index (χ0) is 21.0. The first-order valence-electron chi connectivity index (χ1n) is 8.45. The van der Waals surface area contributed by atoms with Crippen molar-refractivity contribution in [1.82, 2.24) is 14.8 Å². The quantitative estimate of drug-likeness (QED) is 0.310. The van der Waals surface area contributed by atoms with Crippen molar-refractivity contribution in [3.63, 3.8) is 0 Å². The first kappa shape index (κ1) is 21.1. The van der Waals surface area contributed by atoms with Crippen molar-refractivity contribution >= 4 is 52.2 Å². The molecule has 0 saturated heterocycles. The van der Waals surface area contributed by atoms with E-state index in [2.05, 4.69) is 15.5 Å². The van der Waals surface area contributed by atoms with E-state index in [1.807, 2.05) is 6.92 Å². The summed E-state index contributed by atoms with van der Waals surface area (Å²) in [5, 5.41) is 23.1. The maximum absolute atomic E-state index is 12.3. The van der Waals surface area contributed by atoms with Crippen LogP contribution in [0.3, 0.4) is 0 Å². The number of carbonyl (C=O) groups is 1. The summed E-state index contributed by atoms with van der Waals surface area (Å²) in [6.07, 6.45) is 0. The van der Waals surface area contributed by atoms with Crippen LogP contribution in [-0.4, -0.2) is 31.3 Å². The van der Waals surface area contributed by atoms with Gasteiger partial charge in [0.25, 0.3) is 5.69 Å².